The van der Waals surface area contributed by atoms with Crippen LogP contribution < -0.4 is 4.74 Å². The molecule has 7 atom stereocenters. The molecule has 3 aliphatic heterocycles. The lowest BCUT2D eigenvalue weighted by atomic mass is 9.70. The zero-order valence-corrected chi connectivity index (χ0v) is 21.7. The minimum Gasteiger partial charge on any atom is -0.497 e. The number of rotatable bonds is 4. The summed E-state index contributed by atoms with van der Waals surface area (Å²) >= 11 is 0. The van der Waals surface area contributed by atoms with Crippen LogP contribution in [-0.4, -0.2) is 47.0 Å². The van der Waals surface area contributed by atoms with Crippen molar-refractivity contribution in [1.29, 1.82) is 0 Å². The molecule has 1 aromatic carbocycles. The van der Waals surface area contributed by atoms with E-state index in [1.807, 2.05) is 24.3 Å². The number of methoxy groups -OCH3 is 1. The van der Waals surface area contributed by atoms with Crippen LogP contribution in [0.15, 0.2) is 43.1 Å². The molecule has 5 aliphatic rings. The Kier molecular flexibility index (Phi) is 6.29. The van der Waals surface area contributed by atoms with E-state index in [0.717, 1.165) is 54.6 Å². The second kappa shape index (κ2) is 9.01. The van der Waals surface area contributed by atoms with Crippen LogP contribution in [0, 0.1) is 28.6 Å². The van der Waals surface area contributed by atoms with Crippen LogP contribution in [0.1, 0.15) is 64.5 Å². The van der Waals surface area contributed by atoms with Gasteiger partial charge in [-0.1, -0.05) is 26.8 Å². The van der Waals surface area contributed by atoms with Crippen molar-refractivity contribution < 1.29 is 14.6 Å². The van der Waals surface area contributed by atoms with Crippen LogP contribution in [0.5, 0.6) is 5.75 Å². The number of ketones is 1. The second-order valence-electron chi connectivity index (χ2n) is 11.9. The van der Waals surface area contributed by atoms with Crippen LogP contribution in [0.25, 0.3) is 10.9 Å². The number of carbonyl (C=O) groups is 1. The number of pyridine rings is 1. The van der Waals surface area contributed by atoms with Crippen molar-refractivity contribution in [3.63, 3.8) is 0 Å². The van der Waals surface area contributed by atoms with E-state index in [-0.39, 0.29) is 16.9 Å². The van der Waals surface area contributed by atoms with Gasteiger partial charge in [-0.3, -0.25) is 14.7 Å². The van der Waals surface area contributed by atoms with Gasteiger partial charge in [0.25, 0.3) is 0 Å². The van der Waals surface area contributed by atoms with Crippen LogP contribution in [-0.2, 0) is 4.79 Å². The van der Waals surface area contributed by atoms with Gasteiger partial charge in [0.2, 0.25) is 0 Å². The number of piperidine rings is 3. The summed E-state index contributed by atoms with van der Waals surface area (Å²) in [7, 11) is 1.66. The Morgan fingerprint density at radius 2 is 2.06 bits per heavy atom. The molecule has 5 fully saturated rings. The van der Waals surface area contributed by atoms with Gasteiger partial charge < -0.3 is 9.84 Å². The Morgan fingerprint density at radius 3 is 2.60 bits per heavy atom. The Bertz CT molecular complexity index is 1130. The van der Waals surface area contributed by atoms with E-state index in [9.17, 15) is 9.90 Å². The summed E-state index contributed by atoms with van der Waals surface area (Å²) in [6.45, 7) is 12.7. The molecule has 0 amide bonds. The molecule has 2 saturated carbocycles. The molecular formula is C30H40N2O3. The van der Waals surface area contributed by atoms with E-state index < -0.39 is 6.10 Å². The first-order chi connectivity index (χ1) is 16.7. The number of aliphatic hydroxyl groups is 1. The molecule has 0 spiro atoms. The summed E-state index contributed by atoms with van der Waals surface area (Å²) in [4.78, 5) is 18.4. The van der Waals surface area contributed by atoms with Crippen molar-refractivity contribution in [2.75, 3.05) is 20.2 Å². The fourth-order valence-corrected chi connectivity index (χ4v) is 7.35. The number of hydrogen-bond donors (Lipinski definition) is 1. The first-order valence-corrected chi connectivity index (χ1v) is 13.2. The Hall–Kier alpha value is -2.24. The third kappa shape index (κ3) is 3.92. The fourth-order valence-electron chi connectivity index (χ4n) is 7.35. The number of fused-ring (bicyclic) bond motifs is 6. The first-order valence-electron chi connectivity index (χ1n) is 13.2. The molecule has 5 heteroatoms. The van der Waals surface area contributed by atoms with Crippen molar-refractivity contribution in [3.05, 3.63) is 48.7 Å². The van der Waals surface area contributed by atoms with Gasteiger partial charge >= 0.3 is 0 Å². The number of Topliss-reactive ketones (excluding diaryl/α,β-unsaturated/α-hetero) is 1. The standard InChI is InChI=1S/C20H24N2O2.C10H16O/c1-3-13-12-22-9-7-14(13)10-19(22)20(23)16-6-8-21-18-5-4-15(24-2)11-17(16)18;1-9(2)7-4-5-10(9,3)8(11)6-7/h3-6,8,11,13-14,19-20,23H,1,7,9-10,12H2,2H3;7H,4-6H2,1-3H3/t13-,14-,19-,20+;7-,10+/m01/s1. The molecule has 0 radical (unpaired) electrons. The van der Waals surface area contributed by atoms with Gasteiger partial charge in [0.15, 0.2) is 0 Å². The van der Waals surface area contributed by atoms with Gasteiger partial charge in [0.05, 0.1) is 18.7 Å². The van der Waals surface area contributed by atoms with E-state index >= 15 is 0 Å². The maximum atomic E-state index is 11.6. The highest BCUT2D eigenvalue weighted by molar-refractivity contribution is 5.89. The zero-order valence-electron chi connectivity index (χ0n) is 21.7. The summed E-state index contributed by atoms with van der Waals surface area (Å²) in [5.41, 5.74) is 2.15. The molecule has 7 rings (SSSR count). The number of aliphatic hydroxyl groups excluding tert-OH is 1. The highest BCUT2D eigenvalue weighted by Crippen LogP contribution is 2.63. The molecule has 3 saturated heterocycles. The Balaban J connectivity index is 0.000000192. The predicted molar refractivity (Wildman–Crippen MR) is 139 cm³/mol. The molecule has 4 heterocycles. The predicted octanol–water partition coefficient (Wildman–Crippen LogP) is 5.57. The number of benzene rings is 1. The lowest BCUT2D eigenvalue weighted by Gasteiger charge is -2.50. The summed E-state index contributed by atoms with van der Waals surface area (Å²) in [5.74, 6) is 3.20. The monoisotopic (exact) mass is 476 g/mol. The lowest BCUT2D eigenvalue weighted by Crippen LogP contribution is -2.54. The van der Waals surface area contributed by atoms with Gasteiger partial charge in [0, 0.05) is 36.0 Å². The second-order valence-corrected chi connectivity index (χ2v) is 11.9. The lowest BCUT2D eigenvalue weighted by molar-refractivity contribution is -0.128. The van der Waals surface area contributed by atoms with Crippen LogP contribution in [0.3, 0.4) is 0 Å². The number of carbonyl (C=O) groups excluding carboxylic acids is 1. The summed E-state index contributed by atoms with van der Waals surface area (Å²) in [6, 6.07) is 7.96. The number of aromatic nitrogens is 1. The molecule has 4 bridgehead atoms. The van der Waals surface area contributed by atoms with Crippen LogP contribution in [0.4, 0.5) is 0 Å². The molecule has 2 aromatic rings. The average Bonchev–Trinajstić information content (AvgIpc) is 3.21. The SMILES string of the molecule is C=C[C@H]1CN2CC[C@H]1C[C@H]2[C@H](O)c1ccnc2ccc(OC)cc12.CC1(C)[C@@H]2CC[C@@]1(C)C(=O)C2. The minimum absolute atomic E-state index is 0.0255. The molecule has 1 unspecified atom stereocenters. The highest BCUT2D eigenvalue weighted by Gasteiger charge is 2.61. The summed E-state index contributed by atoms with van der Waals surface area (Å²) in [5, 5.41) is 12.1. The van der Waals surface area contributed by atoms with Crippen molar-refractivity contribution >= 4 is 16.7 Å². The third-order valence-corrected chi connectivity index (χ3v) is 10.3. The maximum Gasteiger partial charge on any atom is 0.139 e. The smallest absolute Gasteiger partial charge is 0.139 e. The van der Waals surface area contributed by atoms with E-state index in [0.29, 0.717) is 23.5 Å². The number of nitrogens with zero attached hydrogens (tertiary/aromatic N) is 2. The normalized spacial score (nSPS) is 35.5. The maximum absolute atomic E-state index is 11.6. The van der Waals surface area contributed by atoms with Gasteiger partial charge in [0.1, 0.15) is 11.5 Å². The largest absolute Gasteiger partial charge is 0.497 e. The summed E-state index contributed by atoms with van der Waals surface area (Å²) < 4.78 is 5.35. The van der Waals surface area contributed by atoms with Crippen molar-refractivity contribution in [2.45, 2.75) is 65.0 Å². The van der Waals surface area contributed by atoms with Gasteiger partial charge in [-0.25, -0.2) is 0 Å². The number of ether oxygens (including phenoxy) is 1. The molecule has 188 valence electrons. The van der Waals surface area contributed by atoms with E-state index in [1.165, 1.54) is 12.8 Å². The molecule has 35 heavy (non-hydrogen) atoms. The quantitative estimate of drug-likeness (QED) is 0.584. The average molecular weight is 477 g/mol. The topological polar surface area (TPSA) is 62.7 Å². The van der Waals surface area contributed by atoms with E-state index in [2.05, 4.69) is 43.3 Å². The Labute approximate surface area is 209 Å². The highest BCUT2D eigenvalue weighted by atomic mass is 16.5. The van der Waals surface area contributed by atoms with Crippen molar-refractivity contribution in [2.24, 2.45) is 28.6 Å². The number of hydrogen-bond acceptors (Lipinski definition) is 5. The zero-order chi connectivity index (χ0) is 25.0. The van der Waals surface area contributed by atoms with Gasteiger partial charge in [-0.15, -0.1) is 6.58 Å². The van der Waals surface area contributed by atoms with Crippen molar-refractivity contribution in [3.8, 4) is 5.75 Å². The summed E-state index contributed by atoms with van der Waals surface area (Å²) in [6.07, 6.45) is 8.87. The minimum atomic E-state index is -0.504. The van der Waals surface area contributed by atoms with E-state index in [1.54, 1.807) is 13.3 Å². The molecule has 5 nitrogen and oxygen atoms in total. The Morgan fingerprint density at radius 1 is 1.26 bits per heavy atom. The van der Waals surface area contributed by atoms with Crippen molar-refractivity contribution in [1.82, 2.24) is 9.88 Å². The van der Waals surface area contributed by atoms with Crippen LogP contribution in [0.2, 0.25) is 0 Å². The van der Waals surface area contributed by atoms with Gasteiger partial charge in [-0.05, 0) is 85.2 Å². The third-order valence-electron chi connectivity index (χ3n) is 10.3. The van der Waals surface area contributed by atoms with Gasteiger partial charge in [-0.2, -0.15) is 0 Å². The van der Waals surface area contributed by atoms with Crippen LogP contribution >= 0.6 is 0 Å². The first kappa shape index (κ1) is 24.5. The molecule has 1 aromatic heterocycles. The van der Waals surface area contributed by atoms with E-state index in [4.69, 9.17) is 4.74 Å². The molecule has 2 aliphatic carbocycles. The molecular weight excluding hydrogens is 436 g/mol. The fraction of sp³-hybridized carbons (Fsp3) is 0.600. The molecule has 1 N–H and O–H groups in total.